The Morgan fingerprint density at radius 2 is 1.06 bits per heavy atom. The molecule has 0 unspecified atom stereocenters. The summed E-state index contributed by atoms with van der Waals surface area (Å²) >= 11 is 0. The second-order valence-electron chi connectivity index (χ2n) is 12.7. The fourth-order valence-electron chi connectivity index (χ4n) is 7.91. The summed E-state index contributed by atoms with van der Waals surface area (Å²) in [5.41, 5.74) is 12.1. The van der Waals surface area contributed by atoms with Crippen LogP contribution in [0.25, 0.3) is 51.4 Å². The first-order valence-corrected chi connectivity index (χ1v) is 16.5. The third-order valence-electron chi connectivity index (χ3n) is 10.1. The molecule has 0 atom stereocenters. The average Bonchev–Trinajstić information content (AvgIpc) is 3.45. The monoisotopic (exact) mass is 615 g/mol. The molecule has 1 spiro atoms. The Bertz CT molecular complexity index is 2400. The summed E-state index contributed by atoms with van der Waals surface area (Å²) in [6, 6.07) is 49.2. The van der Waals surface area contributed by atoms with E-state index < -0.39 is 5.41 Å². The molecule has 6 aromatic carbocycles. The van der Waals surface area contributed by atoms with Gasteiger partial charge in [-0.15, -0.1) is 0 Å². The van der Waals surface area contributed by atoms with Gasteiger partial charge in [-0.1, -0.05) is 121 Å². The highest BCUT2D eigenvalue weighted by atomic mass is 16.5. The number of hydrogen-bond acceptors (Lipinski definition) is 4. The number of allylic oxidation sites excluding steroid dienone is 1. The Kier molecular flexibility index (Phi) is 5.88. The minimum Gasteiger partial charge on any atom is -0.457 e. The van der Waals surface area contributed by atoms with E-state index in [-0.39, 0.29) is 0 Å². The predicted molar refractivity (Wildman–Crippen MR) is 191 cm³/mol. The molecule has 10 rings (SSSR count). The van der Waals surface area contributed by atoms with E-state index >= 15 is 0 Å². The lowest BCUT2D eigenvalue weighted by Crippen LogP contribution is -2.32. The number of benzene rings is 6. The minimum atomic E-state index is -0.559. The van der Waals surface area contributed by atoms with Gasteiger partial charge in [0, 0.05) is 27.8 Å². The largest absolute Gasteiger partial charge is 0.457 e. The Morgan fingerprint density at radius 3 is 1.81 bits per heavy atom. The summed E-state index contributed by atoms with van der Waals surface area (Å²) < 4.78 is 6.66. The molecule has 2 aliphatic carbocycles. The van der Waals surface area contributed by atoms with Gasteiger partial charge in [0.25, 0.3) is 0 Å². The van der Waals surface area contributed by atoms with Crippen molar-refractivity contribution in [3.05, 3.63) is 179 Å². The van der Waals surface area contributed by atoms with Gasteiger partial charge in [-0.3, -0.25) is 0 Å². The fourth-order valence-corrected chi connectivity index (χ4v) is 7.91. The maximum atomic E-state index is 6.66. The van der Waals surface area contributed by atoms with Gasteiger partial charge in [0.2, 0.25) is 0 Å². The number of hydrogen-bond donors (Lipinski definition) is 0. The molecule has 0 bridgehead atoms. The lowest BCUT2D eigenvalue weighted by atomic mass is 9.66. The van der Waals surface area contributed by atoms with Gasteiger partial charge in [-0.25, -0.2) is 15.0 Å². The van der Waals surface area contributed by atoms with Crippen molar-refractivity contribution in [1.29, 1.82) is 0 Å². The maximum Gasteiger partial charge on any atom is 0.164 e. The van der Waals surface area contributed by atoms with Crippen LogP contribution in [-0.4, -0.2) is 15.0 Å². The van der Waals surface area contributed by atoms with E-state index in [2.05, 4.69) is 127 Å². The topological polar surface area (TPSA) is 47.9 Å². The van der Waals surface area contributed by atoms with Gasteiger partial charge in [0.1, 0.15) is 11.5 Å². The highest BCUT2D eigenvalue weighted by molar-refractivity contribution is 5.89. The highest BCUT2D eigenvalue weighted by Gasteiger charge is 2.51. The Balaban J connectivity index is 1.22. The van der Waals surface area contributed by atoms with E-state index in [9.17, 15) is 0 Å². The van der Waals surface area contributed by atoms with Crippen molar-refractivity contribution in [3.63, 3.8) is 0 Å². The smallest absolute Gasteiger partial charge is 0.164 e. The summed E-state index contributed by atoms with van der Waals surface area (Å²) in [4.78, 5) is 15.3. The van der Waals surface area contributed by atoms with Crippen molar-refractivity contribution in [1.82, 2.24) is 15.0 Å². The number of aromatic nitrogens is 3. The van der Waals surface area contributed by atoms with Crippen molar-refractivity contribution in [3.8, 4) is 56.8 Å². The van der Waals surface area contributed by atoms with E-state index in [4.69, 9.17) is 19.7 Å². The first-order valence-electron chi connectivity index (χ1n) is 16.5. The Labute approximate surface area is 279 Å². The van der Waals surface area contributed by atoms with Gasteiger partial charge in [-0.05, 0) is 76.6 Å². The Morgan fingerprint density at radius 1 is 0.479 bits per heavy atom. The highest BCUT2D eigenvalue weighted by Crippen LogP contribution is 2.62. The summed E-state index contributed by atoms with van der Waals surface area (Å²) in [6.45, 7) is 0. The summed E-state index contributed by atoms with van der Waals surface area (Å²) in [7, 11) is 0. The molecule has 1 aliphatic heterocycles. The third kappa shape index (κ3) is 3.93. The van der Waals surface area contributed by atoms with Gasteiger partial charge in [-0.2, -0.15) is 0 Å². The van der Waals surface area contributed by atoms with Crippen molar-refractivity contribution >= 4 is 6.08 Å². The molecule has 7 aromatic rings. The van der Waals surface area contributed by atoms with Crippen molar-refractivity contribution in [2.75, 3.05) is 0 Å². The minimum absolute atomic E-state index is 0.559. The summed E-state index contributed by atoms with van der Waals surface area (Å²) in [5.74, 6) is 3.65. The molecule has 0 fully saturated rings. The van der Waals surface area contributed by atoms with Crippen LogP contribution in [0.4, 0.5) is 0 Å². The zero-order valence-corrected chi connectivity index (χ0v) is 26.1. The molecule has 1 aromatic heterocycles. The van der Waals surface area contributed by atoms with Crippen LogP contribution in [0.15, 0.2) is 146 Å². The maximum absolute atomic E-state index is 6.66. The lowest BCUT2D eigenvalue weighted by molar-refractivity contribution is 0.436. The number of ether oxygens (including phenoxy) is 1. The van der Waals surface area contributed by atoms with Crippen LogP contribution >= 0.6 is 0 Å². The SMILES string of the molecule is C1=Cc2cc(-c3nc(-c4ccccc4)nc(-c4ccc5c(c4)C4(c6ccccc6O5)c5ccccc5-c5ccccc54)n3)ccc2CC1. The number of para-hydroxylation sites is 1. The van der Waals surface area contributed by atoms with E-state index in [1.165, 1.54) is 33.4 Å². The number of rotatable bonds is 3. The van der Waals surface area contributed by atoms with Crippen molar-refractivity contribution in [2.45, 2.75) is 18.3 Å². The summed E-state index contributed by atoms with van der Waals surface area (Å²) in [5, 5.41) is 0. The molecule has 226 valence electrons. The second kappa shape index (κ2) is 10.4. The number of fused-ring (bicyclic) bond motifs is 10. The lowest BCUT2D eigenvalue weighted by Gasteiger charge is -2.39. The average molecular weight is 616 g/mol. The van der Waals surface area contributed by atoms with E-state index in [1.54, 1.807) is 0 Å². The second-order valence-corrected chi connectivity index (χ2v) is 12.7. The number of nitrogens with zero attached hydrogens (tertiary/aromatic N) is 3. The fraction of sp³-hybridized carbons (Fsp3) is 0.0682. The first-order chi connectivity index (χ1) is 23.8. The zero-order valence-electron chi connectivity index (χ0n) is 26.1. The predicted octanol–water partition coefficient (Wildman–Crippen LogP) is 10.3. The standard InChI is InChI=1S/C44H29N3O/c1-2-13-29(14-3-1)41-45-42(31-23-22-28-12-4-5-15-30(28)26-31)47-43(46-41)32-24-25-40-38(27-32)44(37-20-10-11-21-39(37)48-40)35-18-8-6-16-33(35)34-17-7-9-19-36(34)44/h1-3,5-11,13-27H,4,12H2. The zero-order chi connectivity index (χ0) is 31.7. The first kappa shape index (κ1) is 27.0. The van der Waals surface area contributed by atoms with Crippen LogP contribution in [0.3, 0.4) is 0 Å². The molecule has 48 heavy (non-hydrogen) atoms. The van der Waals surface area contributed by atoms with E-state index in [0.29, 0.717) is 17.5 Å². The van der Waals surface area contributed by atoms with Crippen LogP contribution in [-0.2, 0) is 11.8 Å². The van der Waals surface area contributed by atoms with Crippen molar-refractivity contribution in [2.24, 2.45) is 0 Å². The molecule has 0 saturated heterocycles. The van der Waals surface area contributed by atoms with Crippen LogP contribution in [0, 0.1) is 0 Å². The van der Waals surface area contributed by atoms with Gasteiger partial charge in [0.15, 0.2) is 17.5 Å². The molecule has 0 radical (unpaired) electrons. The van der Waals surface area contributed by atoms with Gasteiger partial charge < -0.3 is 4.74 Å². The van der Waals surface area contributed by atoms with Gasteiger partial charge in [0.05, 0.1) is 5.41 Å². The van der Waals surface area contributed by atoms with Crippen molar-refractivity contribution < 1.29 is 4.74 Å². The quantitative estimate of drug-likeness (QED) is 0.198. The van der Waals surface area contributed by atoms with E-state index in [1.807, 2.05) is 24.3 Å². The van der Waals surface area contributed by atoms with Crippen LogP contribution in [0.1, 0.15) is 39.8 Å². The molecule has 0 amide bonds. The molecule has 2 heterocycles. The molecule has 0 N–H and O–H groups in total. The van der Waals surface area contributed by atoms with Gasteiger partial charge >= 0.3 is 0 Å². The Hall–Kier alpha value is -6.13. The summed E-state index contributed by atoms with van der Waals surface area (Å²) in [6.07, 6.45) is 6.57. The normalized spacial score (nSPS) is 14.3. The molecular formula is C44H29N3O. The van der Waals surface area contributed by atoms with Crippen LogP contribution < -0.4 is 4.74 Å². The molecule has 0 saturated carbocycles. The molecular weight excluding hydrogens is 587 g/mol. The third-order valence-corrected chi connectivity index (χ3v) is 10.1. The van der Waals surface area contributed by atoms with Crippen LogP contribution in [0.5, 0.6) is 11.5 Å². The van der Waals surface area contributed by atoms with E-state index in [0.717, 1.165) is 52.2 Å². The number of aryl methyl sites for hydroxylation is 1. The molecule has 4 heteroatoms. The molecule has 4 nitrogen and oxygen atoms in total. The molecule has 3 aliphatic rings. The van der Waals surface area contributed by atoms with Crippen LogP contribution in [0.2, 0.25) is 0 Å².